The van der Waals surface area contributed by atoms with Crippen LogP contribution < -0.4 is 0 Å². The Kier molecular flexibility index (Phi) is 8.86. The summed E-state index contributed by atoms with van der Waals surface area (Å²) < 4.78 is 68.0. The number of aliphatic hydroxyl groups excluding tert-OH is 1. The molecule has 2 N–H and O–H groups in total. The molecular weight excluding hydrogens is 796 g/mol. The lowest BCUT2D eigenvalue weighted by molar-refractivity contribution is -0.491. The first-order valence-corrected chi connectivity index (χ1v) is 19.9. The van der Waals surface area contributed by atoms with Crippen molar-refractivity contribution in [2.75, 3.05) is 14.2 Å². The Hall–Kier alpha value is -4.14. The lowest BCUT2D eigenvalue weighted by Gasteiger charge is -2.78. The maximum absolute atomic E-state index is 14.4. The Morgan fingerprint density at radius 2 is 1.50 bits per heavy atom. The highest BCUT2D eigenvalue weighted by molar-refractivity contribution is 5.83. The molecule has 4 heterocycles. The predicted octanol–water partition coefficient (Wildman–Crippen LogP) is 1.86. The third kappa shape index (κ3) is 4.50. The molecule has 4 saturated carbocycles. The van der Waals surface area contributed by atoms with Gasteiger partial charge in [0.05, 0.1) is 45.4 Å². The van der Waals surface area contributed by atoms with Crippen LogP contribution >= 0.6 is 0 Å². The van der Waals surface area contributed by atoms with Crippen molar-refractivity contribution < 1.29 is 90.8 Å². The normalized spacial score (nSPS) is 49.0. The maximum Gasteiger partial charge on any atom is 0.341 e. The molecule has 0 aromatic carbocycles. The number of rotatable bonds is 11. The largest absolute Gasteiger partial charge is 0.472 e. The highest BCUT2D eigenvalue weighted by Crippen LogP contribution is 2.90. The molecule has 4 bridgehead atoms. The average Bonchev–Trinajstić information content (AvgIpc) is 3.49. The van der Waals surface area contributed by atoms with Gasteiger partial charge in [0.15, 0.2) is 23.4 Å². The zero-order valence-electron chi connectivity index (χ0n) is 35.4. The van der Waals surface area contributed by atoms with E-state index in [-0.39, 0.29) is 12.0 Å². The number of esters is 6. The number of methoxy groups -OCH3 is 2. The minimum absolute atomic E-state index is 0.175. The smallest absolute Gasteiger partial charge is 0.341 e. The molecule has 7 fully saturated rings. The summed E-state index contributed by atoms with van der Waals surface area (Å²) in [5, 5.41) is 27.7. The molecule has 8 rings (SSSR count). The van der Waals surface area contributed by atoms with E-state index in [4.69, 9.17) is 51.8 Å². The number of hydrogen-bond donors (Lipinski definition) is 2. The van der Waals surface area contributed by atoms with E-state index in [1.165, 1.54) is 46.5 Å². The second-order valence-corrected chi connectivity index (χ2v) is 18.5. The zero-order chi connectivity index (χ0) is 44.2. The SMILES string of the molecule is COC(=O)CC1C2(C)CC34OC5(C)OC6(C(OC(C)=O)C3(OC(C)=O)C2OC(=O)C2(C)OC2C)C(O)(CC(=O)OC)C(C)(C(OC(C)=O)c2ccoc2)CC(O)C6(O5)C14C. The quantitative estimate of drug-likeness (QED) is 0.183. The van der Waals surface area contributed by atoms with Gasteiger partial charge < -0.3 is 62.0 Å². The molecule has 0 radical (unpaired) electrons. The molecule has 330 valence electrons. The van der Waals surface area contributed by atoms with Gasteiger partial charge in [-0.1, -0.05) is 20.8 Å². The van der Waals surface area contributed by atoms with Crippen LogP contribution in [0.25, 0.3) is 0 Å². The monoisotopic (exact) mass is 848 g/mol. The van der Waals surface area contributed by atoms with Gasteiger partial charge in [-0.25, -0.2) is 4.79 Å². The Labute approximate surface area is 344 Å². The van der Waals surface area contributed by atoms with E-state index in [0.717, 1.165) is 27.9 Å². The van der Waals surface area contributed by atoms with Crippen LogP contribution in [0.1, 0.15) is 99.7 Å². The van der Waals surface area contributed by atoms with Gasteiger partial charge in [0.2, 0.25) is 5.60 Å². The Morgan fingerprint density at radius 1 is 0.867 bits per heavy atom. The van der Waals surface area contributed by atoms with Crippen molar-refractivity contribution >= 4 is 35.8 Å². The number of hydrogen-bond acceptors (Lipinski definition) is 19. The van der Waals surface area contributed by atoms with E-state index in [1.807, 2.05) is 0 Å². The van der Waals surface area contributed by atoms with Crippen molar-refractivity contribution in [2.24, 2.45) is 22.2 Å². The van der Waals surface area contributed by atoms with Gasteiger partial charge in [-0.05, 0) is 38.7 Å². The Morgan fingerprint density at radius 3 is 2.03 bits per heavy atom. The van der Waals surface area contributed by atoms with E-state index in [2.05, 4.69) is 0 Å². The van der Waals surface area contributed by atoms with E-state index >= 15 is 0 Å². The first-order chi connectivity index (χ1) is 27.8. The number of fused-ring (bicyclic) bond motifs is 2. The van der Waals surface area contributed by atoms with Crippen molar-refractivity contribution in [3.8, 4) is 0 Å². The molecule has 2 spiro atoms. The summed E-state index contributed by atoms with van der Waals surface area (Å²) in [7, 11) is 2.25. The minimum Gasteiger partial charge on any atom is -0.472 e. The molecule has 0 amide bonds. The topological polar surface area (TPSA) is 252 Å². The summed E-state index contributed by atoms with van der Waals surface area (Å²) in [4.78, 5) is 82.9. The highest BCUT2D eigenvalue weighted by atomic mass is 16.9. The van der Waals surface area contributed by atoms with Gasteiger partial charge in [-0.2, -0.15) is 0 Å². The number of aliphatic hydroxyl groups is 2. The number of ether oxygens (including phenoxy) is 10. The molecule has 7 aliphatic rings. The highest BCUT2D eigenvalue weighted by Gasteiger charge is 3.08. The predicted molar refractivity (Wildman–Crippen MR) is 193 cm³/mol. The lowest BCUT2D eigenvalue weighted by Crippen LogP contribution is -2.99. The molecule has 3 saturated heterocycles. The summed E-state index contributed by atoms with van der Waals surface area (Å²) in [6.07, 6.45) is -7.57. The number of furan rings is 1. The van der Waals surface area contributed by atoms with Gasteiger partial charge >= 0.3 is 35.8 Å². The third-order valence-electron chi connectivity index (χ3n) is 15.7. The van der Waals surface area contributed by atoms with Crippen molar-refractivity contribution in [3.05, 3.63) is 24.2 Å². The van der Waals surface area contributed by atoms with Crippen LogP contribution in [0.2, 0.25) is 0 Å². The molecular formula is C41H52O19. The second-order valence-electron chi connectivity index (χ2n) is 18.5. The van der Waals surface area contributed by atoms with Crippen LogP contribution in [-0.2, 0) is 76.1 Å². The third-order valence-corrected chi connectivity index (χ3v) is 15.7. The molecule has 4 aliphatic carbocycles. The van der Waals surface area contributed by atoms with Gasteiger partial charge in [-0.3, -0.25) is 24.0 Å². The van der Waals surface area contributed by atoms with Gasteiger partial charge in [-0.15, -0.1) is 0 Å². The summed E-state index contributed by atoms with van der Waals surface area (Å²) in [5.41, 5.74) is -19.5. The van der Waals surface area contributed by atoms with Crippen LogP contribution in [0, 0.1) is 22.2 Å². The fourth-order valence-corrected chi connectivity index (χ4v) is 13.5. The average molecular weight is 849 g/mol. The molecule has 1 aromatic rings. The molecule has 19 heteroatoms. The Bertz CT molecular complexity index is 2070. The minimum atomic E-state index is -2.91. The molecule has 16 unspecified atom stereocenters. The molecule has 3 aliphatic heterocycles. The van der Waals surface area contributed by atoms with Gasteiger partial charge in [0.25, 0.3) is 5.97 Å². The van der Waals surface area contributed by atoms with Crippen molar-refractivity contribution in [2.45, 2.75) is 158 Å². The standard InChI is InChI=1S/C41H52O19/c1-19-34(7,56-19)31(48)55-29-32(5)18-38-35(8,24(32)14-26(46)50-10)40-25(45)15-33(6,28(53-20(2)42)23-12-13-52-17-23)37(49,16-27(47)51-11)41(40,60-36(9,58-38)59-40)30(54-21(3)43)39(29,38)57-22(4)44/h12-13,17,19,24-25,28-30,45,49H,14-16,18H2,1-11H3. The summed E-state index contributed by atoms with van der Waals surface area (Å²) in [6, 6.07) is 1.45. The van der Waals surface area contributed by atoms with Crippen LogP contribution in [-0.4, -0.2) is 124 Å². The summed E-state index contributed by atoms with van der Waals surface area (Å²) in [5.74, 6) is -9.00. The van der Waals surface area contributed by atoms with Crippen molar-refractivity contribution in [3.63, 3.8) is 0 Å². The summed E-state index contributed by atoms with van der Waals surface area (Å²) in [6.45, 7) is 12.5. The van der Waals surface area contributed by atoms with E-state index in [0.29, 0.717) is 0 Å². The fourth-order valence-electron chi connectivity index (χ4n) is 13.5. The van der Waals surface area contributed by atoms with Crippen LogP contribution in [0.15, 0.2) is 23.0 Å². The maximum atomic E-state index is 14.4. The summed E-state index contributed by atoms with van der Waals surface area (Å²) >= 11 is 0. The molecule has 1 aromatic heterocycles. The second kappa shape index (κ2) is 12.5. The Balaban J connectivity index is 1.55. The van der Waals surface area contributed by atoms with E-state index in [1.54, 1.807) is 20.8 Å². The number of carbonyl (C=O) groups excluding carboxylic acids is 6. The van der Waals surface area contributed by atoms with Gasteiger partial charge in [0.1, 0.15) is 22.9 Å². The van der Waals surface area contributed by atoms with Gasteiger partial charge in [0, 0.05) is 55.9 Å². The van der Waals surface area contributed by atoms with Crippen molar-refractivity contribution in [1.29, 1.82) is 0 Å². The fraction of sp³-hybridized carbons (Fsp3) is 0.756. The van der Waals surface area contributed by atoms with E-state index in [9.17, 15) is 39.0 Å². The first kappa shape index (κ1) is 42.5. The number of carbonyl (C=O) groups is 6. The van der Waals surface area contributed by atoms with Crippen LogP contribution in [0.5, 0.6) is 0 Å². The molecule has 16 atom stereocenters. The molecule has 19 nitrogen and oxygen atoms in total. The lowest BCUT2D eigenvalue weighted by atomic mass is 9.32. The van der Waals surface area contributed by atoms with Crippen molar-refractivity contribution in [1.82, 2.24) is 0 Å². The van der Waals surface area contributed by atoms with Crippen LogP contribution in [0.3, 0.4) is 0 Å². The molecule has 60 heavy (non-hydrogen) atoms. The zero-order valence-corrected chi connectivity index (χ0v) is 35.4. The number of epoxide rings is 1. The van der Waals surface area contributed by atoms with E-state index < -0.39 is 147 Å². The first-order valence-electron chi connectivity index (χ1n) is 19.9. The van der Waals surface area contributed by atoms with Crippen LogP contribution in [0.4, 0.5) is 0 Å².